The molecule has 1 atom stereocenters. The summed E-state index contributed by atoms with van der Waals surface area (Å²) in [5, 5.41) is 2.76. The number of carbonyl (C=O) groups excluding carboxylic acids is 1. The average molecular weight is 388 g/mol. The van der Waals surface area contributed by atoms with Crippen LogP contribution in [0.25, 0.3) is 11.2 Å². The normalized spacial score (nSPS) is 16.9. The second-order valence-corrected chi connectivity index (χ2v) is 6.96. The van der Waals surface area contributed by atoms with Gasteiger partial charge in [0.15, 0.2) is 5.65 Å². The Morgan fingerprint density at radius 1 is 1.41 bits per heavy atom. The van der Waals surface area contributed by atoms with Gasteiger partial charge in [0.25, 0.3) is 0 Å². The number of hydrogen-bond acceptors (Lipinski definition) is 3. The van der Waals surface area contributed by atoms with Crippen LogP contribution < -0.4 is 5.32 Å². The molecule has 1 fully saturated rings. The topological polar surface area (TPSA) is 63.1 Å². The van der Waals surface area contributed by atoms with Crippen LogP contribution in [0.15, 0.2) is 36.5 Å². The molecule has 3 heterocycles. The van der Waals surface area contributed by atoms with Gasteiger partial charge in [-0.3, -0.25) is 0 Å². The number of fused-ring (bicyclic) bond motifs is 1. The number of likely N-dealkylation sites (tertiary alicyclic amines) is 1. The molecule has 1 aliphatic heterocycles. The van der Waals surface area contributed by atoms with Gasteiger partial charge in [0.1, 0.15) is 17.2 Å². The molecule has 0 aliphatic carbocycles. The molecule has 0 spiro atoms. The monoisotopic (exact) mass is 387 g/mol. The Labute approximate surface area is 161 Å². The zero-order chi connectivity index (χ0) is 19.0. The van der Waals surface area contributed by atoms with Crippen molar-refractivity contribution in [3.63, 3.8) is 0 Å². The van der Waals surface area contributed by atoms with E-state index < -0.39 is 5.82 Å². The van der Waals surface area contributed by atoms with Gasteiger partial charge >= 0.3 is 6.03 Å². The van der Waals surface area contributed by atoms with Gasteiger partial charge in [-0.05, 0) is 43.7 Å². The Kier molecular flexibility index (Phi) is 4.70. The minimum atomic E-state index is -0.511. The van der Waals surface area contributed by atoms with Gasteiger partial charge in [-0.1, -0.05) is 11.6 Å². The lowest BCUT2D eigenvalue weighted by molar-refractivity contribution is 0.222. The zero-order valence-electron chi connectivity index (χ0n) is 14.8. The van der Waals surface area contributed by atoms with Gasteiger partial charge < -0.3 is 14.8 Å². The number of halogens is 2. The summed E-state index contributed by atoms with van der Waals surface area (Å²) in [6, 6.07) is 7.75. The number of urea groups is 1. The second kappa shape index (κ2) is 7.15. The summed E-state index contributed by atoms with van der Waals surface area (Å²) >= 11 is 5.78. The van der Waals surface area contributed by atoms with Crippen molar-refractivity contribution in [1.82, 2.24) is 19.4 Å². The zero-order valence-corrected chi connectivity index (χ0v) is 15.6. The standard InChI is InChI=1S/C19H19ClFN5O/c1-2-26-17(24-16-4-3-8-22-18(16)26)12-7-9-25(11-12)19(27)23-13-5-6-15(21)14(20)10-13/h3-6,8,10,12H,2,7,9,11H2,1H3,(H,23,27)/t12-/m0/s1. The number of benzene rings is 1. The van der Waals surface area contributed by atoms with Gasteiger partial charge in [0.2, 0.25) is 0 Å². The molecule has 0 saturated carbocycles. The molecule has 1 aliphatic rings. The third-order valence-corrected chi connectivity index (χ3v) is 5.15. The van der Waals surface area contributed by atoms with Gasteiger partial charge in [-0.2, -0.15) is 0 Å². The maximum atomic E-state index is 13.3. The summed E-state index contributed by atoms with van der Waals surface area (Å²) in [5.74, 6) is 0.607. The summed E-state index contributed by atoms with van der Waals surface area (Å²) in [6.45, 7) is 4.05. The molecule has 1 aromatic carbocycles. The molecule has 2 aromatic heterocycles. The fraction of sp³-hybridized carbons (Fsp3) is 0.316. The molecule has 3 aromatic rings. The van der Waals surface area contributed by atoms with Crippen molar-refractivity contribution in [3.8, 4) is 0 Å². The maximum absolute atomic E-state index is 13.3. The number of aryl methyl sites for hydroxylation is 1. The molecule has 1 N–H and O–H groups in total. The van der Waals surface area contributed by atoms with Crippen LogP contribution in [-0.2, 0) is 6.54 Å². The van der Waals surface area contributed by atoms with Gasteiger partial charge in [0.05, 0.1) is 5.02 Å². The Bertz CT molecular complexity index is 1000. The first kappa shape index (κ1) is 17.7. The largest absolute Gasteiger partial charge is 0.324 e. The SMILES string of the molecule is CCn1c([C@H]2CCN(C(=O)Nc3ccc(F)c(Cl)c3)C2)nc2cccnc21. The van der Waals surface area contributed by atoms with E-state index in [1.54, 1.807) is 11.1 Å². The minimum Gasteiger partial charge on any atom is -0.324 e. The molecular weight excluding hydrogens is 369 g/mol. The van der Waals surface area contributed by atoms with E-state index in [-0.39, 0.29) is 17.0 Å². The third kappa shape index (κ3) is 3.35. The van der Waals surface area contributed by atoms with E-state index in [1.165, 1.54) is 18.2 Å². The number of imidazole rings is 1. The third-order valence-electron chi connectivity index (χ3n) is 4.86. The van der Waals surface area contributed by atoms with E-state index in [2.05, 4.69) is 21.8 Å². The highest BCUT2D eigenvalue weighted by molar-refractivity contribution is 6.31. The quantitative estimate of drug-likeness (QED) is 0.730. The fourth-order valence-corrected chi connectivity index (χ4v) is 3.71. The predicted molar refractivity (Wildman–Crippen MR) is 103 cm³/mol. The van der Waals surface area contributed by atoms with E-state index in [9.17, 15) is 9.18 Å². The molecule has 2 amide bonds. The molecule has 0 bridgehead atoms. The van der Waals surface area contributed by atoms with E-state index >= 15 is 0 Å². The second-order valence-electron chi connectivity index (χ2n) is 6.55. The number of aromatic nitrogens is 3. The smallest absolute Gasteiger partial charge is 0.321 e. The summed E-state index contributed by atoms with van der Waals surface area (Å²) in [7, 11) is 0. The molecule has 8 heteroatoms. The van der Waals surface area contributed by atoms with Crippen molar-refractivity contribution >= 4 is 34.5 Å². The number of nitrogens with zero attached hydrogens (tertiary/aromatic N) is 4. The first-order valence-electron chi connectivity index (χ1n) is 8.89. The lowest BCUT2D eigenvalue weighted by atomic mass is 10.1. The molecule has 0 radical (unpaired) electrons. The summed E-state index contributed by atoms with van der Waals surface area (Å²) in [5.41, 5.74) is 2.22. The number of anilines is 1. The van der Waals surface area contributed by atoms with Crippen molar-refractivity contribution in [2.75, 3.05) is 18.4 Å². The molecule has 140 valence electrons. The summed E-state index contributed by atoms with van der Waals surface area (Å²) < 4.78 is 15.4. The first-order valence-corrected chi connectivity index (χ1v) is 9.26. The van der Waals surface area contributed by atoms with Crippen molar-refractivity contribution in [2.45, 2.75) is 25.8 Å². The van der Waals surface area contributed by atoms with Gasteiger partial charge in [-0.25, -0.2) is 19.2 Å². The fourth-order valence-electron chi connectivity index (χ4n) is 3.53. The summed E-state index contributed by atoms with van der Waals surface area (Å²) in [4.78, 5) is 23.5. The lowest BCUT2D eigenvalue weighted by Crippen LogP contribution is -2.33. The minimum absolute atomic E-state index is 0.0174. The van der Waals surface area contributed by atoms with Crippen molar-refractivity contribution in [1.29, 1.82) is 0 Å². The Balaban J connectivity index is 1.50. The van der Waals surface area contributed by atoms with E-state index in [1.807, 2.05) is 12.1 Å². The van der Waals surface area contributed by atoms with Crippen LogP contribution in [0.3, 0.4) is 0 Å². The van der Waals surface area contributed by atoms with E-state index in [0.29, 0.717) is 18.8 Å². The molecule has 4 rings (SSSR count). The van der Waals surface area contributed by atoms with Crippen LogP contribution in [0.2, 0.25) is 5.02 Å². The lowest BCUT2D eigenvalue weighted by Gasteiger charge is -2.18. The molecule has 6 nitrogen and oxygen atoms in total. The van der Waals surface area contributed by atoms with Crippen LogP contribution in [-0.4, -0.2) is 38.6 Å². The van der Waals surface area contributed by atoms with Crippen LogP contribution in [0.4, 0.5) is 14.9 Å². The molecular formula is C19H19ClFN5O. The van der Waals surface area contributed by atoms with Crippen LogP contribution in [0, 0.1) is 5.82 Å². The highest BCUT2D eigenvalue weighted by Gasteiger charge is 2.31. The molecule has 1 saturated heterocycles. The van der Waals surface area contributed by atoms with Crippen molar-refractivity contribution < 1.29 is 9.18 Å². The number of pyridine rings is 1. The number of carbonyl (C=O) groups is 1. The maximum Gasteiger partial charge on any atom is 0.321 e. The van der Waals surface area contributed by atoms with E-state index in [0.717, 1.165) is 30.0 Å². The highest BCUT2D eigenvalue weighted by Crippen LogP contribution is 2.29. The van der Waals surface area contributed by atoms with Gasteiger partial charge in [-0.15, -0.1) is 0 Å². The Morgan fingerprint density at radius 2 is 2.26 bits per heavy atom. The molecule has 27 heavy (non-hydrogen) atoms. The number of nitrogens with one attached hydrogen (secondary N) is 1. The number of amides is 2. The number of rotatable bonds is 3. The van der Waals surface area contributed by atoms with Crippen LogP contribution in [0.1, 0.15) is 25.1 Å². The van der Waals surface area contributed by atoms with Gasteiger partial charge in [0, 0.05) is 37.4 Å². The highest BCUT2D eigenvalue weighted by atomic mass is 35.5. The average Bonchev–Trinajstić information content (AvgIpc) is 3.29. The van der Waals surface area contributed by atoms with Crippen molar-refractivity contribution in [2.24, 2.45) is 0 Å². The van der Waals surface area contributed by atoms with E-state index in [4.69, 9.17) is 16.6 Å². The van der Waals surface area contributed by atoms with Crippen molar-refractivity contribution in [3.05, 3.63) is 53.2 Å². The predicted octanol–water partition coefficient (Wildman–Crippen LogP) is 4.27. The van der Waals surface area contributed by atoms with Crippen LogP contribution in [0.5, 0.6) is 0 Å². The summed E-state index contributed by atoms with van der Waals surface area (Å²) in [6.07, 6.45) is 2.60. The number of hydrogen-bond donors (Lipinski definition) is 1. The molecule has 0 unspecified atom stereocenters. The Morgan fingerprint density at radius 3 is 3.04 bits per heavy atom. The first-order chi connectivity index (χ1) is 13.1. The van der Waals surface area contributed by atoms with Crippen LogP contribution >= 0.6 is 11.6 Å². The Hall–Kier alpha value is -2.67.